The molecular formula is C20H16ClNO5S. The monoisotopic (exact) mass is 417 g/mol. The highest BCUT2D eigenvalue weighted by molar-refractivity contribution is 8.18. The zero-order valence-corrected chi connectivity index (χ0v) is 16.5. The number of hydrogen-bond acceptors (Lipinski definition) is 6. The Morgan fingerprint density at radius 2 is 1.86 bits per heavy atom. The molecule has 2 aromatic rings. The Labute approximate surface area is 171 Å². The third kappa shape index (κ3) is 4.55. The maximum absolute atomic E-state index is 12.5. The van der Waals surface area contributed by atoms with Crippen molar-refractivity contribution in [1.29, 1.82) is 0 Å². The quantitative estimate of drug-likeness (QED) is 0.519. The molecule has 0 saturated carbocycles. The van der Waals surface area contributed by atoms with Gasteiger partial charge in [0.1, 0.15) is 18.9 Å². The number of benzene rings is 2. The maximum Gasteiger partial charge on any atom is 0.325 e. The van der Waals surface area contributed by atoms with Crippen LogP contribution < -0.4 is 4.74 Å². The highest BCUT2D eigenvalue weighted by atomic mass is 35.5. The van der Waals surface area contributed by atoms with Gasteiger partial charge in [-0.3, -0.25) is 19.3 Å². The second-order valence-corrected chi connectivity index (χ2v) is 7.16. The fourth-order valence-corrected chi connectivity index (χ4v) is 3.49. The van der Waals surface area contributed by atoms with Crippen molar-refractivity contribution in [1.82, 2.24) is 4.90 Å². The van der Waals surface area contributed by atoms with Gasteiger partial charge in [-0.25, -0.2) is 0 Å². The van der Waals surface area contributed by atoms with E-state index in [0.717, 1.165) is 22.2 Å². The summed E-state index contributed by atoms with van der Waals surface area (Å²) in [6.45, 7) is -0.155. The summed E-state index contributed by atoms with van der Waals surface area (Å²) in [6.07, 6.45) is 1.57. The number of carbonyl (C=O) groups is 3. The molecule has 1 saturated heterocycles. The molecule has 0 bridgehead atoms. The minimum atomic E-state index is -0.660. The summed E-state index contributed by atoms with van der Waals surface area (Å²) in [5.41, 5.74) is 1.47. The Morgan fingerprint density at radius 1 is 1.14 bits per heavy atom. The normalized spacial score (nSPS) is 15.2. The van der Waals surface area contributed by atoms with Crippen molar-refractivity contribution < 1.29 is 23.9 Å². The predicted octanol–water partition coefficient (Wildman–Crippen LogP) is 4.13. The minimum Gasteiger partial charge on any atom is -0.488 e. The molecule has 1 heterocycles. The second-order valence-electron chi connectivity index (χ2n) is 5.76. The molecule has 0 radical (unpaired) electrons. The topological polar surface area (TPSA) is 72.9 Å². The van der Waals surface area contributed by atoms with E-state index in [1.54, 1.807) is 30.3 Å². The number of halogens is 1. The first-order valence-electron chi connectivity index (χ1n) is 8.27. The van der Waals surface area contributed by atoms with E-state index in [4.69, 9.17) is 16.3 Å². The summed E-state index contributed by atoms with van der Waals surface area (Å²) in [5, 5.41) is 0.0834. The molecule has 28 heavy (non-hydrogen) atoms. The van der Waals surface area contributed by atoms with E-state index in [2.05, 4.69) is 4.74 Å². The van der Waals surface area contributed by atoms with Crippen molar-refractivity contribution in [3.05, 3.63) is 69.6 Å². The van der Waals surface area contributed by atoms with Gasteiger partial charge in [-0.2, -0.15) is 0 Å². The van der Waals surface area contributed by atoms with Crippen molar-refractivity contribution in [2.45, 2.75) is 6.61 Å². The molecule has 3 rings (SSSR count). The maximum atomic E-state index is 12.5. The smallest absolute Gasteiger partial charge is 0.325 e. The third-order valence-electron chi connectivity index (χ3n) is 3.94. The Morgan fingerprint density at radius 3 is 2.61 bits per heavy atom. The van der Waals surface area contributed by atoms with Crippen LogP contribution in [0.4, 0.5) is 4.79 Å². The van der Waals surface area contributed by atoms with Crippen LogP contribution in [0.1, 0.15) is 11.1 Å². The van der Waals surface area contributed by atoms with E-state index in [1.165, 1.54) is 7.11 Å². The summed E-state index contributed by atoms with van der Waals surface area (Å²) < 4.78 is 10.4. The first-order chi connectivity index (χ1) is 13.5. The van der Waals surface area contributed by atoms with Crippen LogP contribution in [0, 0.1) is 0 Å². The lowest BCUT2D eigenvalue weighted by molar-refractivity contribution is -0.143. The highest BCUT2D eigenvalue weighted by Gasteiger charge is 2.36. The van der Waals surface area contributed by atoms with E-state index in [9.17, 15) is 14.4 Å². The Bertz CT molecular complexity index is 959. The fraction of sp³-hybridized carbons (Fsp3) is 0.150. The van der Waals surface area contributed by atoms with Gasteiger partial charge in [0, 0.05) is 16.1 Å². The number of imide groups is 1. The van der Waals surface area contributed by atoms with Crippen LogP contribution in [0.5, 0.6) is 5.75 Å². The number of ether oxygens (including phenoxy) is 2. The van der Waals surface area contributed by atoms with E-state index in [0.29, 0.717) is 16.3 Å². The number of carbonyl (C=O) groups excluding carboxylic acids is 3. The van der Waals surface area contributed by atoms with Crippen LogP contribution in [0.2, 0.25) is 5.02 Å². The molecule has 0 aromatic heterocycles. The van der Waals surface area contributed by atoms with Gasteiger partial charge in [0.25, 0.3) is 11.1 Å². The lowest BCUT2D eigenvalue weighted by Crippen LogP contribution is -2.34. The number of methoxy groups -OCH3 is 1. The van der Waals surface area contributed by atoms with E-state index < -0.39 is 23.7 Å². The van der Waals surface area contributed by atoms with Crippen molar-refractivity contribution >= 4 is 46.6 Å². The molecule has 6 nitrogen and oxygen atoms in total. The molecule has 0 N–H and O–H groups in total. The summed E-state index contributed by atoms with van der Waals surface area (Å²) >= 11 is 6.92. The molecule has 0 atom stereocenters. The van der Waals surface area contributed by atoms with Crippen LogP contribution in [0.25, 0.3) is 6.08 Å². The lowest BCUT2D eigenvalue weighted by Gasteiger charge is -2.11. The van der Waals surface area contributed by atoms with Crippen molar-refractivity contribution in [2.75, 3.05) is 13.7 Å². The van der Waals surface area contributed by atoms with Crippen molar-refractivity contribution in [2.24, 2.45) is 0 Å². The Kier molecular flexibility index (Phi) is 6.38. The molecule has 144 valence electrons. The minimum absolute atomic E-state index is 0.211. The van der Waals surface area contributed by atoms with Gasteiger partial charge >= 0.3 is 5.97 Å². The summed E-state index contributed by atoms with van der Waals surface area (Å²) in [5.74, 6) is -0.657. The SMILES string of the molecule is COC(=O)CN1C(=O)SC(=Cc2ccccc2OCc2ccccc2Cl)C1=O. The van der Waals surface area contributed by atoms with Gasteiger partial charge in [0.05, 0.1) is 12.0 Å². The summed E-state index contributed by atoms with van der Waals surface area (Å²) in [7, 11) is 1.20. The van der Waals surface area contributed by atoms with Crippen LogP contribution >= 0.6 is 23.4 Å². The molecule has 0 unspecified atom stereocenters. The lowest BCUT2D eigenvalue weighted by atomic mass is 10.1. The zero-order valence-electron chi connectivity index (χ0n) is 14.9. The molecule has 0 spiro atoms. The van der Waals surface area contributed by atoms with Crippen LogP contribution in [0.15, 0.2) is 53.4 Å². The molecule has 1 fully saturated rings. The van der Waals surface area contributed by atoms with Gasteiger partial charge in [-0.05, 0) is 30.0 Å². The number of thioether (sulfide) groups is 1. The molecule has 2 aromatic carbocycles. The van der Waals surface area contributed by atoms with Crippen molar-refractivity contribution in [3.8, 4) is 5.75 Å². The average Bonchev–Trinajstić information content (AvgIpc) is 2.95. The average molecular weight is 418 g/mol. The van der Waals surface area contributed by atoms with E-state index in [-0.39, 0.29) is 11.5 Å². The van der Waals surface area contributed by atoms with Crippen LogP contribution in [-0.2, 0) is 20.9 Å². The van der Waals surface area contributed by atoms with E-state index >= 15 is 0 Å². The van der Waals surface area contributed by atoms with Gasteiger partial charge in [0.15, 0.2) is 0 Å². The number of nitrogens with zero attached hydrogens (tertiary/aromatic N) is 1. The standard InChI is InChI=1S/C20H16ClNO5S/c1-26-18(23)11-22-19(24)17(28-20(22)25)10-13-6-3-5-9-16(13)27-12-14-7-2-4-8-15(14)21/h2-10H,11-12H2,1H3. The van der Waals surface area contributed by atoms with Gasteiger partial charge < -0.3 is 9.47 Å². The Hall–Kier alpha value is -2.77. The molecule has 0 aliphatic carbocycles. The van der Waals surface area contributed by atoms with Gasteiger partial charge in [0.2, 0.25) is 0 Å². The predicted molar refractivity (Wildman–Crippen MR) is 107 cm³/mol. The fourth-order valence-electron chi connectivity index (χ4n) is 2.47. The molecule has 1 aliphatic heterocycles. The number of amides is 2. The molecule has 2 amide bonds. The molecular weight excluding hydrogens is 402 g/mol. The zero-order chi connectivity index (χ0) is 20.1. The van der Waals surface area contributed by atoms with E-state index in [1.807, 2.05) is 24.3 Å². The molecule has 8 heteroatoms. The first-order valence-corrected chi connectivity index (χ1v) is 9.46. The largest absolute Gasteiger partial charge is 0.488 e. The summed E-state index contributed by atoms with van der Waals surface area (Å²) in [6, 6.07) is 14.5. The first kappa shape index (κ1) is 20.0. The Balaban J connectivity index is 1.79. The number of rotatable bonds is 6. The number of hydrogen-bond donors (Lipinski definition) is 0. The van der Waals surface area contributed by atoms with Gasteiger partial charge in [-0.15, -0.1) is 0 Å². The van der Waals surface area contributed by atoms with Gasteiger partial charge in [-0.1, -0.05) is 48.0 Å². The second kappa shape index (κ2) is 8.95. The number of para-hydroxylation sites is 1. The highest BCUT2D eigenvalue weighted by Crippen LogP contribution is 2.34. The molecule has 1 aliphatic rings. The van der Waals surface area contributed by atoms with Crippen LogP contribution in [-0.4, -0.2) is 35.7 Å². The van der Waals surface area contributed by atoms with Crippen LogP contribution in [0.3, 0.4) is 0 Å². The van der Waals surface area contributed by atoms with Crippen molar-refractivity contribution in [3.63, 3.8) is 0 Å². The third-order valence-corrected chi connectivity index (χ3v) is 5.21. The summed E-state index contributed by atoms with van der Waals surface area (Å²) in [4.78, 5) is 37.0. The number of esters is 1.